The van der Waals surface area contributed by atoms with Crippen molar-refractivity contribution in [1.82, 2.24) is 0 Å². The van der Waals surface area contributed by atoms with Crippen LogP contribution in [-0.4, -0.2) is 10.7 Å². The Kier molecular flexibility index (Phi) is 4.70. The highest BCUT2D eigenvalue weighted by Crippen LogP contribution is 2.13. The molecule has 0 aromatic heterocycles. The van der Waals surface area contributed by atoms with Crippen LogP contribution in [0, 0.1) is 0 Å². The summed E-state index contributed by atoms with van der Waals surface area (Å²) in [6.07, 6.45) is 1.90. The molecule has 0 amide bonds. The zero-order chi connectivity index (χ0) is 10.4. The van der Waals surface area contributed by atoms with Gasteiger partial charge in [-0.15, -0.1) is 6.58 Å². The number of benzene rings is 1. The third kappa shape index (κ3) is 3.52. The van der Waals surface area contributed by atoms with E-state index in [9.17, 15) is 0 Å². The lowest BCUT2D eigenvalue weighted by Gasteiger charge is -2.02. The Bertz CT molecular complexity index is 334. The van der Waals surface area contributed by atoms with E-state index in [4.69, 9.17) is 18.0 Å². The second-order valence-electron chi connectivity index (χ2n) is 2.87. The van der Waals surface area contributed by atoms with E-state index < -0.39 is 0 Å². The molecule has 0 atom stereocenters. The van der Waals surface area contributed by atoms with E-state index in [-0.39, 0.29) is 0 Å². The standard InChI is InChI=1S/C11H13NS2/c1-2-6-14-8-9-4-3-5-10(7-9)11(12)13/h2-5,7H,1,6,8H2,(H2,12,13). The molecule has 74 valence electrons. The SMILES string of the molecule is C=CCSCc1cccc(C(N)=S)c1. The van der Waals surface area contributed by atoms with Gasteiger partial charge in [-0.3, -0.25) is 0 Å². The number of nitrogens with two attached hydrogens (primary N) is 1. The zero-order valence-electron chi connectivity index (χ0n) is 7.90. The highest BCUT2D eigenvalue weighted by molar-refractivity contribution is 7.98. The third-order valence-electron chi connectivity index (χ3n) is 1.72. The number of thiocarbonyl (C=S) groups is 1. The minimum absolute atomic E-state index is 0.459. The second-order valence-corrected chi connectivity index (χ2v) is 4.34. The van der Waals surface area contributed by atoms with Crippen LogP contribution < -0.4 is 5.73 Å². The van der Waals surface area contributed by atoms with Gasteiger partial charge in [0, 0.05) is 17.1 Å². The Morgan fingerprint density at radius 1 is 1.57 bits per heavy atom. The summed E-state index contributed by atoms with van der Waals surface area (Å²) in [4.78, 5) is 0.459. The van der Waals surface area contributed by atoms with Crippen molar-refractivity contribution in [2.24, 2.45) is 5.73 Å². The molecule has 0 spiro atoms. The smallest absolute Gasteiger partial charge is 0.103 e. The molecule has 1 aromatic carbocycles. The summed E-state index contributed by atoms with van der Waals surface area (Å²) in [7, 11) is 0. The van der Waals surface area contributed by atoms with Crippen LogP contribution in [0.2, 0.25) is 0 Å². The molecule has 1 aromatic rings. The van der Waals surface area contributed by atoms with Crippen molar-refractivity contribution in [3.63, 3.8) is 0 Å². The van der Waals surface area contributed by atoms with Crippen LogP contribution in [0.5, 0.6) is 0 Å². The fourth-order valence-corrected chi connectivity index (χ4v) is 1.90. The molecule has 0 aliphatic rings. The summed E-state index contributed by atoms with van der Waals surface area (Å²) in [5.74, 6) is 1.94. The van der Waals surface area contributed by atoms with Gasteiger partial charge in [-0.05, 0) is 11.6 Å². The van der Waals surface area contributed by atoms with Gasteiger partial charge in [-0.25, -0.2) is 0 Å². The van der Waals surface area contributed by atoms with Gasteiger partial charge in [-0.2, -0.15) is 11.8 Å². The highest BCUT2D eigenvalue weighted by Gasteiger charge is 1.97. The normalized spacial score (nSPS) is 9.71. The lowest BCUT2D eigenvalue weighted by molar-refractivity contribution is 1.40. The molecule has 0 bridgehead atoms. The first-order valence-corrected chi connectivity index (χ1v) is 5.87. The largest absolute Gasteiger partial charge is 0.389 e. The Hall–Kier alpha value is -0.800. The molecule has 2 N–H and O–H groups in total. The van der Waals surface area contributed by atoms with Gasteiger partial charge in [0.25, 0.3) is 0 Å². The van der Waals surface area contributed by atoms with Gasteiger partial charge in [0.2, 0.25) is 0 Å². The predicted molar refractivity (Wildman–Crippen MR) is 68.7 cm³/mol. The number of hydrogen-bond acceptors (Lipinski definition) is 2. The molecule has 0 aliphatic carbocycles. The maximum absolute atomic E-state index is 5.55. The van der Waals surface area contributed by atoms with Gasteiger partial charge in [-0.1, -0.05) is 36.5 Å². The van der Waals surface area contributed by atoms with Crippen LogP contribution in [0.1, 0.15) is 11.1 Å². The molecule has 3 heteroatoms. The van der Waals surface area contributed by atoms with E-state index in [1.54, 1.807) is 0 Å². The van der Waals surface area contributed by atoms with E-state index in [2.05, 4.69) is 12.6 Å². The summed E-state index contributed by atoms with van der Waals surface area (Å²) in [6, 6.07) is 8.04. The summed E-state index contributed by atoms with van der Waals surface area (Å²) < 4.78 is 0. The minimum atomic E-state index is 0.459. The van der Waals surface area contributed by atoms with Crippen LogP contribution in [0.15, 0.2) is 36.9 Å². The molecule has 0 saturated carbocycles. The molecule has 1 rings (SSSR count). The second kappa shape index (κ2) is 5.83. The summed E-state index contributed by atoms with van der Waals surface area (Å²) in [5, 5.41) is 0. The molecule has 0 heterocycles. The number of rotatable bonds is 5. The Labute approximate surface area is 94.4 Å². The fourth-order valence-electron chi connectivity index (χ4n) is 1.07. The van der Waals surface area contributed by atoms with E-state index in [0.29, 0.717) is 4.99 Å². The molecule has 0 aliphatic heterocycles. The first-order valence-electron chi connectivity index (χ1n) is 4.31. The topological polar surface area (TPSA) is 26.0 Å². The molecule has 0 saturated heterocycles. The van der Waals surface area contributed by atoms with Crippen molar-refractivity contribution in [2.75, 3.05) is 5.75 Å². The van der Waals surface area contributed by atoms with Crippen LogP contribution in [0.4, 0.5) is 0 Å². The summed E-state index contributed by atoms with van der Waals surface area (Å²) in [5.41, 5.74) is 7.74. The first-order chi connectivity index (χ1) is 6.74. The van der Waals surface area contributed by atoms with Crippen molar-refractivity contribution < 1.29 is 0 Å². The van der Waals surface area contributed by atoms with Crippen LogP contribution in [-0.2, 0) is 5.75 Å². The van der Waals surface area contributed by atoms with Crippen molar-refractivity contribution in [1.29, 1.82) is 0 Å². The van der Waals surface area contributed by atoms with Crippen molar-refractivity contribution in [3.8, 4) is 0 Å². The van der Waals surface area contributed by atoms with Gasteiger partial charge in [0.05, 0.1) is 0 Å². The van der Waals surface area contributed by atoms with Crippen molar-refractivity contribution in [2.45, 2.75) is 5.75 Å². The molecule has 14 heavy (non-hydrogen) atoms. The molecule has 0 radical (unpaired) electrons. The Morgan fingerprint density at radius 3 is 3.00 bits per heavy atom. The van der Waals surface area contributed by atoms with Gasteiger partial charge >= 0.3 is 0 Å². The number of hydrogen-bond donors (Lipinski definition) is 1. The minimum Gasteiger partial charge on any atom is -0.389 e. The monoisotopic (exact) mass is 223 g/mol. The highest BCUT2D eigenvalue weighted by atomic mass is 32.2. The van der Waals surface area contributed by atoms with Gasteiger partial charge in [0.1, 0.15) is 4.99 Å². The third-order valence-corrected chi connectivity index (χ3v) is 2.96. The maximum atomic E-state index is 5.55. The van der Waals surface area contributed by atoms with Crippen LogP contribution in [0.3, 0.4) is 0 Å². The van der Waals surface area contributed by atoms with Gasteiger partial charge < -0.3 is 5.73 Å². The van der Waals surface area contributed by atoms with E-state index in [0.717, 1.165) is 17.1 Å². The van der Waals surface area contributed by atoms with E-state index in [1.165, 1.54) is 5.56 Å². The average molecular weight is 223 g/mol. The van der Waals surface area contributed by atoms with Gasteiger partial charge in [0.15, 0.2) is 0 Å². The van der Waals surface area contributed by atoms with E-state index >= 15 is 0 Å². The van der Waals surface area contributed by atoms with Crippen molar-refractivity contribution >= 4 is 29.0 Å². The number of thioether (sulfide) groups is 1. The molecule has 0 fully saturated rings. The average Bonchev–Trinajstić information content (AvgIpc) is 2.19. The fraction of sp³-hybridized carbons (Fsp3) is 0.182. The first kappa shape index (κ1) is 11.3. The lowest BCUT2D eigenvalue weighted by Crippen LogP contribution is -2.09. The lowest BCUT2D eigenvalue weighted by atomic mass is 10.1. The van der Waals surface area contributed by atoms with Crippen molar-refractivity contribution in [3.05, 3.63) is 48.0 Å². The molecule has 1 nitrogen and oxygen atoms in total. The zero-order valence-corrected chi connectivity index (χ0v) is 9.53. The predicted octanol–water partition coefficient (Wildman–Crippen LogP) is 2.74. The van der Waals surface area contributed by atoms with E-state index in [1.807, 2.05) is 36.0 Å². The Balaban J connectivity index is 2.63. The molecular formula is C11H13NS2. The Morgan fingerprint density at radius 2 is 2.36 bits per heavy atom. The van der Waals surface area contributed by atoms with Crippen LogP contribution >= 0.6 is 24.0 Å². The maximum Gasteiger partial charge on any atom is 0.103 e. The molecule has 0 unspecified atom stereocenters. The summed E-state index contributed by atoms with van der Waals surface area (Å²) >= 11 is 6.74. The molecular weight excluding hydrogens is 210 g/mol. The quantitative estimate of drug-likeness (QED) is 0.472. The van der Waals surface area contributed by atoms with Crippen LogP contribution in [0.25, 0.3) is 0 Å². The summed E-state index contributed by atoms with van der Waals surface area (Å²) in [6.45, 7) is 3.68.